The molecule has 0 bridgehead atoms. The van der Waals surface area contributed by atoms with Crippen molar-refractivity contribution in [2.45, 2.75) is 19.1 Å². The highest BCUT2D eigenvalue weighted by Crippen LogP contribution is 2.31. The lowest BCUT2D eigenvalue weighted by molar-refractivity contribution is -0.153. The van der Waals surface area contributed by atoms with Gasteiger partial charge in [0.05, 0.1) is 5.69 Å². The molecule has 1 saturated heterocycles. The quantitative estimate of drug-likeness (QED) is 0.634. The number of rotatable bonds is 7. The van der Waals surface area contributed by atoms with Crippen molar-refractivity contribution in [3.63, 3.8) is 0 Å². The number of aromatic nitrogens is 2. The third-order valence-electron chi connectivity index (χ3n) is 4.83. The Morgan fingerprint density at radius 3 is 2.39 bits per heavy atom. The van der Waals surface area contributed by atoms with Gasteiger partial charge in [-0.1, -0.05) is 0 Å². The SMILES string of the molecule is Cl.O=c1cc[nH]c(=O)n1CCCN1CCN(c2ccc(F)cc2OCC(F)(F)F)CC1. The first-order valence-corrected chi connectivity index (χ1v) is 9.48. The van der Waals surface area contributed by atoms with Gasteiger partial charge in [0, 0.05) is 51.1 Å². The van der Waals surface area contributed by atoms with Gasteiger partial charge in [-0.15, -0.1) is 12.4 Å². The molecular weight excluding hydrogens is 444 g/mol. The summed E-state index contributed by atoms with van der Waals surface area (Å²) in [6, 6.07) is 4.87. The van der Waals surface area contributed by atoms with E-state index in [1.807, 2.05) is 4.90 Å². The van der Waals surface area contributed by atoms with Crippen LogP contribution in [-0.2, 0) is 6.54 Å². The lowest BCUT2D eigenvalue weighted by Crippen LogP contribution is -2.47. The topological polar surface area (TPSA) is 70.6 Å². The number of halogens is 5. The van der Waals surface area contributed by atoms with Crippen LogP contribution in [0.4, 0.5) is 23.2 Å². The van der Waals surface area contributed by atoms with Gasteiger partial charge >= 0.3 is 11.9 Å². The Morgan fingerprint density at radius 1 is 1.03 bits per heavy atom. The first kappa shape index (κ1) is 24.7. The summed E-state index contributed by atoms with van der Waals surface area (Å²) in [6.45, 7) is 1.80. The molecule has 0 radical (unpaired) electrons. The standard InChI is InChI=1S/C19H22F4N4O3.ClH/c20-14-2-3-15(16(12-14)30-13-19(21,22)23)26-10-8-25(9-11-26)6-1-7-27-17(28)4-5-24-18(27)29;/h2-5,12H,1,6-11,13H2,(H,24,29);1H. The summed E-state index contributed by atoms with van der Waals surface area (Å²) < 4.78 is 56.9. The van der Waals surface area contributed by atoms with Crippen LogP contribution < -0.4 is 20.9 Å². The molecule has 31 heavy (non-hydrogen) atoms. The minimum atomic E-state index is -4.51. The first-order valence-electron chi connectivity index (χ1n) is 9.48. The molecule has 0 spiro atoms. The maximum absolute atomic E-state index is 13.5. The second-order valence-electron chi connectivity index (χ2n) is 6.97. The molecular formula is C19H23ClF4N4O3. The fraction of sp³-hybridized carbons (Fsp3) is 0.474. The fourth-order valence-electron chi connectivity index (χ4n) is 3.35. The second kappa shape index (κ2) is 10.7. The molecule has 1 N–H and O–H groups in total. The van der Waals surface area contributed by atoms with E-state index in [9.17, 15) is 27.2 Å². The molecule has 2 aromatic rings. The second-order valence-corrected chi connectivity index (χ2v) is 6.97. The fourth-order valence-corrected chi connectivity index (χ4v) is 3.35. The third-order valence-corrected chi connectivity index (χ3v) is 4.83. The van der Waals surface area contributed by atoms with E-state index < -0.39 is 24.3 Å². The molecule has 3 rings (SSSR count). The van der Waals surface area contributed by atoms with Crippen molar-refractivity contribution in [1.82, 2.24) is 14.5 Å². The maximum Gasteiger partial charge on any atom is 0.422 e. The molecule has 1 aromatic heterocycles. The van der Waals surface area contributed by atoms with Crippen molar-refractivity contribution in [2.75, 3.05) is 44.2 Å². The van der Waals surface area contributed by atoms with E-state index in [2.05, 4.69) is 9.88 Å². The number of anilines is 1. The van der Waals surface area contributed by atoms with Crippen LogP contribution in [0.3, 0.4) is 0 Å². The molecule has 172 valence electrons. The van der Waals surface area contributed by atoms with Crippen molar-refractivity contribution >= 4 is 18.1 Å². The summed E-state index contributed by atoms with van der Waals surface area (Å²) in [6.07, 6.45) is -2.60. The number of nitrogens with zero attached hydrogens (tertiary/aromatic N) is 3. The van der Waals surface area contributed by atoms with Gasteiger partial charge in [-0.25, -0.2) is 9.18 Å². The highest BCUT2D eigenvalue weighted by Gasteiger charge is 2.29. The van der Waals surface area contributed by atoms with E-state index in [0.29, 0.717) is 51.4 Å². The van der Waals surface area contributed by atoms with Gasteiger partial charge in [0.1, 0.15) is 11.6 Å². The normalized spacial score (nSPS) is 14.9. The van der Waals surface area contributed by atoms with E-state index in [0.717, 1.165) is 10.6 Å². The lowest BCUT2D eigenvalue weighted by atomic mass is 10.2. The summed E-state index contributed by atoms with van der Waals surface area (Å²) in [5, 5.41) is 0. The van der Waals surface area contributed by atoms with Crippen LogP contribution in [0, 0.1) is 5.82 Å². The number of aromatic amines is 1. The Labute approximate surface area is 181 Å². The van der Waals surface area contributed by atoms with Crippen LogP contribution in [0.15, 0.2) is 40.1 Å². The van der Waals surface area contributed by atoms with Crippen LogP contribution in [0.25, 0.3) is 0 Å². The van der Waals surface area contributed by atoms with Gasteiger partial charge in [-0.05, 0) is 25.1 Å². The maximum atomic E-state index is 13.5. The van der Waals surface area contributed by atoms with Crippen molar-refractivity contribution in [3.05, 3.63) is 57.1 Å². The van der Waals surface area contributed by atoms with Gasteiger partial charge in [-0.2, -0.15) is 13.2 Å². The van der Waals surface area contributed by atoms with Crippen LogP contribution in [-0.4, -0.2) is 60.0 Å². The molecule has 0 atom stereocenters. The number of hydrogen-bond donors (Lipinski definition) is 1. The summed E-state index contributed by atoms with van der Waals surface area (Å²) in [5.41, 5.74) is -0.385. The van der Waals surface area contributed by atoms with Gasteiger partial charge in [0.15, 0.2) is 6.61 Å². The summed E-state index contributed by atoms with van der Waals surface area (Å²) in [5.74, 6) is -0.802. The van der Waals surface area contributed by atoms with Crippen molar-refractivity contribution in [2.24, 2.45) is 0 Å². The van der Waals surface area contributed by atoms with Crippen molar-refractivity contribution in [1.29, 1.82) is 0 Å². The number of alkyl halides is 3. The van der Waals surface area contributed by atoms with Gasteiger partial charge in [-0.3, -0.25) is 14.3 Å². The zero-order chi connectivity index (χ0) is 21.7. The number of nitrogens with one attached hydrogen (secondary N) is 1. The minimum Gasteiger partial charge on any atom is -0.482 e. The predicted octanol–water partition coefficient (Wildman–Crippen LogP) is 2.25. The van der Waals surface area contributed by atoms with E-state index >= 15 is 0 Å². The molecule has 12 heteroatoms. The number of benzene rings is 1. The summed E-state index contributed by atoms with van der Waals surface area (Å²) in [7, 11) is 0. The average molecular weight is 467 g/mol. The molecule has 7 nitrogen and oxygen atoms in total. The highest BCUT2D eigenvalue weighted by atomic mass is 35.5. The molecule has 0 amide bonds. The van der Waals surface area contributed by atoms with Crippen LogP contribution in [0.2, 0.25) is 0 Å². The van der Waals surface area contributed by atoms with E-state index in [1.54, 1.807) is 0 Å². The van der Waals surface area contributed by atoms with Crippen LogP contribution in [0.5, 0.6) is 5.75 Å². The van der Waals surface area contributed by atoms with E-state index in [1.165, 1.54) is 24.4 Å². The minimum absolute atomic E-state index is 0. The summed E-state index contributed by atoms with van der Waals surface area (Å²) >= 11 is 0. The summed E-state index contributed by atoms with van der Waals surface area (Å²) in [4.78, 5) is 29.8. The molecule has 0 unspecified atom stereocenters. The van der Waals surface area contributed by atoms with E-state index in [-0.39, 0.29) is 23.7 Å². The molecule has 1 fully saturated rings. The molecule has 1 aromatic carbocycles. The molecule has 2 heterocycles. The lowest BCUT2D eigenvalue weighted by Gasteiger charge is -2.36. The number of ether oxygens (including phenoxy) is 1. The van der Waals surface area contributed by atoms with Gasteiger partial charge in [0.25, 0.3) is 5.56 Å². The number of H-pyrrole nitrogens is 1. The highest BCUT2D eigenvalue weighted by molar-refractivity contribution is 5.85. The Bertz CT molecular complexity index is 943. The number of hydrogen-bond acceptors (Lipinski definition) is 5. The van der Waals surface area contributed by atoms with Gasteiger partial charge < -0.3 is 14.6 Å². The van der Waals surface area contributed by atoms with E-state index in [4.69, 9.17) is 4.74 Å². The monoisotopic (exact) mass is 466 g/mol. The average Bonchev–Trinajstić information content (AvgIpc) is 2.69. The Morgan fingerprint density at radius 2 is 1.74 bits per heavy atom. The molecule has 0 saturated carbocycles. The predicted molar refractivity (Wildman–Crippen MR) is 110 cm³/mol. The zero-order valence-electron chi connectivity index (χ0n) is 16.5. The van der Waals surface area contributed by atoms with Crippen molar-refractivity contribution < 1.29 is 22.3 Å². The number of piperazine rings is 1. The van der Waals surface area contributed by atoms with Crippen LogP contribution in [0.1, 0.15) is 6.42 Å². The molecule has 1 aliphatic rings. The van der Waals surface area contributed by atoms with Crippen LogP contribution >= 0.6 is 12.4 Å². The Kier molecular flexibility index (Phi) is 8.52. The first-order chi connectivity index (χ1) is 14.2. The molecule has 1 aliphatic heterocycles. The zero-order valence-corrected chi connectivity index (χ0v) is 17.3. The Balaban J connectivity index is 0.00000341. The molecule has 0 aliphatic carbocycles. The smallest absolute Gasteiger partial charge is 0.422 e. The van der Waals surface area contributed by atoms with Gasteiger partial charge in [0.2, 0.25) is 0 Å². The third kappa shape index (κ3) is 7.00. The Hall–Kier alpha value is -2.53. The van der Waals surface area contributed by atoms with Crippen molar-refractivity contribution in [3.8, 4) is 5.75 Å². The largest absolute Gasteiger partial charge is 0.482 e.